The summed E-state index contributed by atoms with van der Waals surface area (Å²) in [7, 11) is 0. The lowest BCUT2D eigenvalue weighted by molar-refractivity contribution is 0.480. The highest BCUT2D eigenvalue weighted by atomic mass is 35.5. The summed E-state index contributed by atoms with van der Waals surface area (Å²) in [6.45, 7) is 6.82. The molecule has 0 fully saturated rings. The first-order valence-corrected chi connectivity index (χ1v) is 7.30. The van der Waals surface area contributed by atoms with E-state index in [0.717, 1.165) is 31.6 Å². The molecule has 0 spiro atoms. The Bertz CT molecular complexity index is 554. The van der Waals surface area contributed by atoms with E-state index < -0.39 is 0 Å². The van der Waals surface area contributed by atoms with Crippen LogP contribution in [0.25, 0.3) is 0 Å². The molecule has 2 rings (SSSR count). The average Bonchev–Trinajstić information content (AvgIpc) is 2.87. The van der Waals surface area contributed by atoms with E-state index in [9.17, 15) is 0 Å². The Balaban J connectivity index is 2.04. The molecule has 5 heteroatoms. The fraction of sp³-hybridized carbons (Fsp3) is 0.400. The van der Waals surface area contributed by atoms with Gasteiger partial charge in [0.1, 0.15) is 5.75 Å². The molecule has 108 valence electrons. The van der Waals surface area contributed by atoms with Gasteiger partial charge in [0.25, 0.3) is 0 Å². The normalized spacial score (nSPS) is 10.8. The molecule has 4 nitrogen and oxygen atoms in total. The lowest BCUT2D eigenvalue weighted by atomic mass is 10.2. The number of aryl methyl sites for hydroxylation is 1. The van der Waals surface area contributed by atoms with E-state index in [0.29, 0.717) is 16.5 Å². The van der Waals surface area contributed by atoms with Crippen molar-refractivity contribution in [1.82, 2.24) is 15.1 Å². The maximum Gasteiger partial charge on any atom is 0.165 e. The number of ether oxygens (including phenoxy) is 1. The zero-order chi connectivity index (χ0) is 14.4. The van der Waals surface area contributed by atoms with Gasteiger partial charge < -0.3 is 10.1 Å². The van der Waals surface area contributed by atoms with Crippen LogP contribution in [0.15, 0.2) is 30.6 Å². The van der Waals surface area contributed by atoms with Gasteiger partial charge in [-0.2, -0.15) is 5.10 Å². The van der Waals surface area contributed by atoms with Gasteiger partial charge in [-0.05, 0) is 30.7 Å². The number of nitrogens with one attached hydrogen (secondary N) is 1. The zero-order valence-corrected chi connectivity index (χ0v) is 12.7. The van der Waals surface area contributed by atoms with Crippen LogP contribution < -0.4 is 10.1 Å². The van der Waals surface area contributed by atoms with Gasteiger partial charge in [0, 0.05) is 13.1 Å². The minimum absolute atomic E-state index is 0.614. The molecule has 0 atom stereocenters. The molecule has 0 aliphatic heterocycles. The Hall–Kier alpha value is -1.52. The number of benzene rings is 1. The number of nitrogens with zero attached hydrogens (tertiary/aromatic N) is 2. The monoisotopic (exact) mass is 293 g/mol. The minimum atomic E-state index is 0.614. The summed E-state index contributed by atoms with van der Waals surface area (Å²) in [5.74, 6) is 1.36. The quantitative estimate of drug-likeness (QED) is 0.843. The number of rotatable bonds is 7. The van der Waals surface area contributed by atoms with Crippen LogP contribution in [0.4, 0.5) is 0 Å². The number of hydrogen-bond donors (Lipinski definition) is 1. The minimum Gasteiger partial charge on any atom is -0.452 e. The van der Waals surface area contributed by atoms with E-state index in [-0.39, 0.29) is 0 Å². The summed E-state index contributed by atoms with van der Waals surface area (Å²) in [4.78, 5) is 0. The lowest BCUT2D eigenvalue weighted by Crippen LogP contribution is -2.11. The van der Waals surface area contributed by atoms with Gasteiger partial charge in [-0.1, -0.05) is 31.5 Å². The van der Waals surface area contributed by atoms with Gasteiger partial charge in [0.15, 0.2) is 5.75 Å². The molecular weight excluding hydrogens is 274 g/mol. The third kappa shape index (κ3) is 3.99. The number of aromatic nitrogens is 2. The standard InChI is InChI=1S/C15H20ClN3O/c1-3-7-19-11-13(10-18-19)20-15-6-5-12(8-14(15)16)9-17-4-2/h5-6,8,10-11,17H,3-4,7,9H2,1-2H3. The predicted molar refractivity (Wildman–Crippen MR) is 81.4 cm³/mol. The molecule has 1 N–H and O–H groups in total. The predicted octanol–water partition coefficient (Wildman–Crippen LogP) is 3.85. The number of hydrogen-bond acceptors (Lipinski definition) is 3. The molecule has 1 aromatic heterocycles. The van der Waals surface area contributed by atoms with E-state index in [1.54, 1.807) is 6.20 Å². The summed E-state index contributed by atoms with van der Waals surface area (Å²) >= 11 is 6.25. The van der Waals surface area contributed by atoms with Crippen LogP contribution in [0, 0.1) is 0 Å². The molecule has 0 saturated heterocycles. The molecule has 2 aromatic rings. The van der Waals surface area contributed by atoms with Crippen LogP contribution in [-0.2, 0) is 13.1 Å². The van der Waals surface area contributed by atoms with Gasteiger partial charge >= 0.3 is 0 Å². The average molecular weight is 294 g/mol. The van der Waals surface area contributed by atoms with E-state index >= 15 is 0 Å². The second kappa shape index (κ2) is 7.31. The van der Waals surface area contributed by atoms with Crippen molar-refractivity contribution in [3.63, 3.8) is 0 Å². The molecule has 0 saturated carbocycles. The topological polar surface area (TPSA) is 39.1 Å². The van der Waals surface area contributed by atoms with Gasteiger partial charge in [-0.3, -0.25) is 4.68 Å². The van der Waals surface area contributed by atoms with Crippen LogP contribution in [-0.4, -0.2) is 16.3 Å². The van der Waals surface area contributed by atoms with E-state index in [4.69, 9.17) is 16.3 Å². The van der Waals surface area contributed by atoms with Crippen molar-refractivity contribution in [3.8, 4) is 11.5 Å². The lowest BCUT2D eigenvalue weighted by Gasteiger charge is -2.08. The summed E-state index contributed by atoms with van der Waals surface area (Å²) in [5.41, 5.74) is 1.14. The van der Waals surface area contributed by atoms with E-state index in [2.05, 4.69) is 24.3 Å². The Morgan fingerprint density at radius 1 is 1.35 bits per heavy atom. The Morgan fingerprint density at radius 3 is 2.90 bits per heavy atom. The van der Waals surface area contributed by atoms with Crippen molar-refractivity contribution < 1.29 is 4.74 Å². The van der Waals surface area contributed by atoms with Crippen LogP contribution in [0.1, 0.15) is 25.8 Å². The molecular formula is C15H20ClN3O. The highest BCUT2D eigenvalue weighted by Crippen LogP contribution is 2.29. The highest BCUT2D eigenvalue weighted by molar-refractivity contribution is 6.32. The molecule has 0 aliphatic rings. The van der Waals surface area contributed by atoms with Crippen molar-refractivity contribution in [1.29, 1.82) is 0 Å². The Labute approximate surface area is 124 Å². The van der Waals surface area contributed by atoms with Crippen molar-refractivity contribution in [2.75, 3.05) is 6.54 Å². The fourth-order valence-corrected chi connectivity index (χ4v) is 2.12. The molecule has 0 unspecified atom stereocenters. The van der Waals surface area contributed by atoms with Gasteiger partial charge in [0.2, 0.25) is 0 Å². The molecule has 0 amide bonds. The van der Waals surface area contributed by atoms with Gasteiger partial charge in [-0.25, -0.2) is 0 Å². The van der Waals surface area contributed by atoms with Gasteiger partial charge in [0.05, 0.1) is 17.4 Å². The summed E-state index contributed by atoms with van der Waals surface area (Å²) < 4.78 is 7.62. The Kier molecular flexibility index (Phi) is 5.44. The first kappa shape index (κ1) is 14.9. The number of halogens is 1. The fourth-order valence-electron chi connectivity index (χ4n) is 1.88. The van der Waals surface area contributed by atoms with Crippen molar-refractivity contribution in [2.24, 2.45) is 0 Å². The third-order valence-corrected chi connectivity index (χ3v) is 3.16. The molecule has 0 radical (unpaired) electrons. The molecule has 1 aromatic carbocycles. The molecule has 1 heterocycles. The molecule has 0 bridgehead atoms. The van der Waals surface area contributed by atoms with E-state index in [1.807, 2.05) is 29.1 Å². The van der Waals surface area contributed by atoms with Crippen LogP contribution in [0.2, 0.25) is 5.02 Å². The second-order valence-electron chi connectivity index (χ2n) is 4.59. The zero-order valence-electron chi connectivity index (χ0n) is 11.9. The SMILES string of the molecule is CCCn1cc(Oc2ccc(CNCC)cc2Cl)cn1. The summed E-state index contributed by atoms with van der Waals surface area (Å²) in [6, 6.07) is 5.84. The maximum atomic E-state index is 6.25. The van der Waals surface area contributed by atoms with Gasteiger partial charge in [-0.15, -0.1) is 0 Å². The van der Waals surface area contributed by atoms with Crippen molar-refractivity contribution in [2.45, 2.75) is 33.4 Å². The first-order chi connectivity index (χ1) is 9.72. The largest absolute Gasteiger partial charge is 0.452 e. The van der Waals surface area contributed by atoms with Crippen LogP contribution in [0.5, 0.6) is 11.5 Å². The summed E-state index contributed by atoms with van der Waals surface area (Å²) in [5, 5.41) is 8.11. The highest BCUT2D eigenvalue weighted by Gasteiger charge is 2.06. The summed E-state index contributed by atoms with van der Waals surface area (Å²) in [6.07, 6.45) is 4.63. The smallest absolute Gasteiger partial charge is 0.165 e. The molecule has 20 heavy (non-hydrogen) atoms. The third-order valence-electron chi connectivity index (χ3n) is 2.87. The molecule has 0 aliphatic carbocycles. The van der Waals surface area contributed by atoms with Crippen molar-refractivity contribution in [3.05, 3.63) is 41.2 Å². The van der Waals surface area contributed by atoms with Crippen LogP contribution >= 0.6 is 11.6 Å². The maximum absolute atomic E-state index is 6.25. The van der Waals surface area contributed by atoms with E-state index in [1.165, 1.54) is 0 Å². The first-order valence-electron chi connectivity index (χ1n) is 6.92. The second-order valence-corrected chi connectivity index (χ2v) is 4.99. The van der Waals surface area contributed by atoms with Crippen LogP contribution in [0.3, 0.4) is 0 Å². The van der Waals surface area contributed by atoms with Crippen molar-refractivity contribution >= 4 is 11.6 Å². The Morgan fingerprint density at radius 2 is 2.20 bits per heavy atom.